The summed E-state index contributed by atoms with van der Waals surface area (Å²) in [7, 11) is 0. The highest BCUT2D eigenvalue weighted by Crippen LogP contribution is 2.35. The van der Waals surface area contributed by atoms with E-state index in [9.17, 15) is 20.9 Å². The minimum atomic E-state index is -1.46. The van der Waals surface area contributed by atoms with Gasteiger partial charge in [0.15, 0.2) is 12.6 Å². The van der Waals surface area contributed by atoms with Crippen molar-refractivity contribution in [3.05, 3.63) is 118 Å². The summed E-state index contributed by atoms with van der Waals surface area (Å²) < 4.78 is 45.0. The molecule has 17 heteroatoms. The third-order valence-electron chi connectivity index (χ3n) is 10.4. The Morgan fingerprint density at radius 2 is 1.07 bits per heavy atom. The molecule has 3 aromatic carbocycles. The van der Waals surface area contributed by atoms with Crippen molar-refractivity contribution >= 4 is 0 Å². The molecule has 56 heavy (non-hydrogen) atoms. The average molecular weight is 780 g/mol. The first kappa shape index (κ1) is 42.0. The van der Waals surface area contributed by atoms with Crippen LogP contribution in [0.3, 0.4) is 0 Å². The zero-order valence-corrected chi connectivity index (χ0v) is 30.9. The van der Waals surface area contributed by atoms with Gasteiger partial charge in [0.05, 0.1) is 38.5 Å². The van der Waals surface area contributed by atoms with Crippen LogP contribution < -0.4 is 22.9 Å². The van der Waals surface area contributed by atoms with Gasteiger partial charge in [0.1, 0.15) is 54.9 Å². The van der Waals surface area contributed by atoms with Gasteiger partial charge >= 0.3 is 0 Å². The van der Waals surface area contributed by atoms with E-state index in [1.54, 1.807) is 0 Å². The molecule has 0 unspecified atom stereocenters. The van der Waals surface area contributed by atoms with Crippen molar-refractivity contribution in [1.29, 1.82) is 0 Å². The highest BCUT2D eigenvalue weighted by Gasteiger charge is 2.53. The topological polar surface area (TPSA) is 278 Å². The van der Waals surface area contributed by atoms with Crippen LogP contribution in [-0.2, 0) is 53.0 Å². The number of nitrogens with two attached hydrogens (primary N) is 4. The number of rotatable bonds is 16. The lowest BCUT2D eigenvalue weighted by Gasteiger charge is -2.49. The van der Waals surface area contributed by atoms with Crippen LogP contribution in [0.15, 0.2) is 96.1 Å². The van der Waals surface area contributed by atoms with Crippen LogP contribution in [-0.4, -0.2) is 120 Å². The van der Waals surface area contributed by atoms with Crippen molar-refractivity contribution in [3.63, 3.8) is 0 Å². The number of hydrogen-bond acceptors (Lipinski definition) is 15. The van der Waals surface area contributed by atoms with E-state index >= 15 is 0 Å². The molecular weight excluding hydrogens is 726 g/mol. The zero-order valence-electron chi connectivity index (χ0n) is 30.9. The van der Waals surface area contributed by atoms with Crippen LogP contribution in [0.2, 0.25) is 0 Å². The van der Waals surface area contributed by atoms with E-state index in [0.717, 1.165) is 16.7 Å². The minimum Gasteiger partial charge on any atom is -0.388 e. The normalized spacial score (nSPS) is 36.1. The molecule has 6 rings (SSSR count). The Morgan fingerprint density at radius 1 is 0.607 bits per heavy atom. The van der Waals surface area contributed by atoms with Crippen LogP contribution in [0.1, 0.15) is 23.1 Å². The first-order valence-corrected chi connectivity index (χ1v) is 18.8. The van der Waals surface area contributed by atoms with Crippen molar-refractivity contribution in [2.75, 3.05) is 13.1 Å². The summed E-state index contributed by atoms with van der Waals surface area (Å²) in [6, 6.07) is 25.9. The molecule has 17 nitrogen and oxygen atoms in total. The van der Waals surface area contributed by atoms with Gasteiger partial charge in [-0.1, -0.05) is 96.1 Å². The molecule has 3 aromatic rings. The molecule has 1 aliphatic carbocycles. The summed E-state index contributed by atoms with van der Waals surface area (Å²) in [5, 5.41) is 36.7. The number of nitrogens with zero attached hydrogens (tertiary/aromatic N) is 3. The van der Waals surface area contributed by atoms with E-state index in [2.05, 4.69) is 10.0 Å². The number of benzene rings is 3. The molecule has 3 aliphatic rings. The lowest BCUT2D eigenvalue weighted by molar-refractivity contribution is -0.344. The number of ether oxygens (including phenoxy) is 7. The van der Waals surface area contributed by atoms with E-state index < -0.39 is 91.7 Å². The fourth-order valence-corrected chi connectivity index (χ4v) is 7.34. The first-order chi connectivity index (χ1) is 27.2. The molecule has 1 saturated carbocycles. The van der Waals surface area contributed by atoms with Crippen LogP contribution in [0.4, 0.5) is 0 Å². The van der Waals surface area contributed by atoms with Crippen LogP contribution in [0, 0.1) is 0 Å². The van der Waals surface area contributed by atoms with E-state index in [0.29, 0.717) is 0 Å². The largest absolute Gasteiger partial charge is 0.388 e. The first-order valence-electron chi connectivity index (χ1n) is 18.8. The standard InChI is InChI=1S/C39H53N7O10/c40-17-27-30(47)31(48)29(43)38(53-27)55-33-25(41)16-26(42)34(32(33)49)56-39-37(52-21-24-14-8-3-9-15-24)36(51-20-23-12-6-2-7-13-23)35(28(54-39)18-45-46-44)50-19-22-10-4-1-5-11-22/h1-15,25-39,47-49H,16-21,40-43H2/t25-,26+,27+,28+,29+,30+,31+,32-,33+,34-,35-,36-,37+,38+,39+/m0/s1. The molecule has 2 saturated heterocycles. The average Bonchev–Trinajstić information content (AvgIpc) is 3.22. The molecule has 2 aliphatic heterocycles. The predicted octanol–water partition coefficient (Wildman–Crippen LogP) is 0.700. The Labute approximate surface area is 325 Å². The lowest BCUT2D eigenvalue weighted by atomic mass is 9.84. The van der Waals surface area contributed by atoms with Gasteiger partial charge in [-0.25, -0.2) is 0 Å². The van der Waals surface area contributed by atoms with Gasteiger partial charge in [-0.15, -0.1) is 0 Å². The van der Waals surface area contributed by atoms with Crippen molar-refractivity contribution in [1.82, 2.24) is 0 Å². The van der Waals surface area contributed by atoms with Crippen LogP contribution >= 0.6 is 0 Å². The quantitative estimate of drug-likeness (QED) is 0.0599. The molecule has 11 N–H and O–H groups in total. The second-order valence-electron chi connectivity index (χ2n) is 14.3. The van der Waals surface area contributed by atoms with Crippen LogP contribution in [0.5, 0.6) is 0 Å². The summed E-state index contributed by atoms with van der Waals surface area (Å²) in [5.41, 5.74) is 37.1. The number of aliphatic hydroxyl groups is 3. The number of azide groups is 1. The highest BCUT2D eigenvalue weighted by molar-refractivity contribution is 5.16. The van der Waals surface area contributed by atoms with Crippen molar-refractivity contribution in [2.24, 2.45) is 28.0 Å². The lowest BCUT2D eigenvalue weighted by Crippen LogP contribution is -2.69. The Balaban J connectivity index is 1.31. The third-order valence-corrected chi connectivity index (χ3v) is 10.4. The Bertz CT molecular complexity index is 1660. The molecule has 0 radical (unpaired) electrons. The molecule has 2 heterocycles. The molecule has 304 valence electrons. The maximum atomic E-state index is 11.9. The summed E-state index contributed by atoms with van der Waals surface area (Å²) >= 11 is 0. The monoisotopic (exact) mass is 779 g/mol. The fourth-order valence-electron chi connectivity index (χ4n) is 7.34. The Hall–Kier alpha value is -3.59. The zero-order chi connectivity index (χ0) is 39.6. The Kier molecular flexibility index (Phi) is 15.2. The van der Waals surface area contributed by atoms with Gasteiger partial charge in [-0.2, -0.15) is 0 Å². The van der Waals surface area contributed by atoms with Gasteiger partial charge in [0.2, 0.25) is 0 Å². The maximum absolute atomic E-state index is 11.9. The molecule has 15 atom stereocenters. The second-order valence-corrected chi connectivity index (χ2v) is 14.3. The molecule has 0 aromatic heterocycles. The smallest absolute Gasteiger partial charge is 0.187 e. The van der Waals surface area contributed by atoms with Crippen molar-refractivity contribution in [3.8, 4) is 0 Å². The molecule has 0 bridgehead atoms. The van der Waals surface area contributed by atoms with E-state index in [1.165, 1.54) is 0 Å². The summed E-state index contributed by atoms with van der Waals surface area (Å²) in [5.74, 6) is 0. The molecule has 0 spiro atoms. The number of aliphatic hydroxyl groups excluding tert-OH is 3. The van der Waals surface area contributed by atoms with Gasteiger partial charge in [-0.05, 0) is 28.6 Å². The van der Waals surface area contributed by atoms with E-state index in [1.807, 2.05) is 91.0 Å². The van der Waals surface area contributed by atoms with E-state index in [-0.39, 0.29) is 39.3 Å². The minimum absolute atomic E-state index is 0.120. The van der Waals surface area contributed by atoms with Gasteiger partial charge in [0.25, 0.3) is 0 Å². The van der Waals surface area contributed by atoms with Gasteiger partial charge < -0.3 is 71.4 Å². The molecular formula is C39H53N7O10. The van der Waals surface area contributed by atoms with Crippen molar-refractivity contribution in [2.45, 2.75) is 118 Å². The van der Waals surface area contributed by atoms with Crippen LogP contribution in [0.25, 0.3) is 10.4 Å². The number of hydrogen-bond donors (Lipinski definition) is 7. The highest BCUT2D eigenvalue weighted by atomic mass is 16.7. The fraction of sp³-hybridized carbons (Fsp3) is 0.538. The predicted molar refractivity (Wildman–Crippen MR) is 202 cm³/mol. The summed E-state index contributed by atoms with van der Waals surface area (Å²) in [6.45, 7) is 0.232. The van der Waals surface area contributed by atoms with Gasteiger partial charge in [-0.3, -0.25) is 0 Å². The summed E-state index contributed by atoms with van der Waals surface area (Å²) in [4.78, 5) is 2.99. The summed E-state index contributed by atoms with van der Waals surface area (Å²) in [6.07, 6.45) is -13.4. The maximum Gasteiger partial charge on any atom is 0.187 e. The third kappa shape index (κ3) is 10.3. The SMILES string of the molecule is [N-]=[N+]=NC[C@H]1O[C@H](O[C@@H]2[C@@H](O)[C@H](O[C@H]3O[C@H](CN)[C@@H](O)[C@H](O)[C@H]3N)[C@@H](N)C[C@H]2N)[C@H](OCc2ccccc2)[C@@H](OCc2ccccc2)[C@H]1OCc1ccccc1. The second kappa shape index (κ2) is 20.2. The Morgan fingerprint density at radius 3 is 1.57 bits per heavy atom. The van der Waals surface area contributed by atoms with Crippen molar-refractivity contribution < 1.29 is 48.5 Å². The van der Waals surface area contributed by atoms with E-state index in [4.69, 9.17) is 56.1 Å². The molecule has 3 fully saturated rings. The molecule has 0 amide bonds. The van der Waals surface area contributed by atoms with Gasteiger partial charge in [0, 0.05) is 23.5 Å².